The first-order valence-electron chi connectivity index (χ1n) is 17.4. The Bertz CT molecular complexity index is 3420. The van der Waals surface area contributed by atoms with Gasteiger partial charge in [0.25, 0.3) is 0 Å². The molecule has 0 amide bonds. The normalized spacial score (nSPS) is 12.2. The maximum absolute atomic E-state index is 6.62. The predicted molar refractivity (Wildman–Crippen MR) is 216 cm³/mol. The van der Waals surface area contributed by atoms with Crippen molar-refractivity contribution >= 4 is 97.2 Å². The SMILES string of the molecule is c1ccc(-n2c3ccccc3c3cc(-c4nc(-n5c6ccccc6c6cc7sc8ccccc8c7cc65)nc5c4oc4ccccc45)ccc32)cc1. The molecule has 52 heavy (non-hydrogen) atoms. The van der Waals surface area contributed by atoms with Crippen molar-refractivity contribution in [3.05, 3.63) is 158 Å². The van der Waals surface area contributed by atoms with Gasteiger partial charge in [0.15, 0.2) is 5.58 Å². The first-order chi connectivity index (χ1) is 25.8. The molecule has 12 rings (SSSR count). The van der Waals surface area contributed by atoms with Crippen LogP contribution >= 0.6 is 11.3 Å². The fourth-order valence-electron chi connectivity index (χ4n) is 8.25. The summed E-state index contributed by atoms with van der Waals surface area (Å²) in [6, 6.07) is 55.9. The lowest BCUT2D eigenvalue weighted by molar-refractivity contribution is 0.666. The van der Waals surface area contributed by atoms with E-state index < -0.39 is 0 Å². The minimum atomic E-state index is 0.617. The molecule has 0 bridgehead atoms. The number of rotatable bonds is 3. The highest BCUT2D eigenvalue weighted by molar-refractivity contribution is 7.25. The van der Waals surface area contributed by atoms with Gasteiger partial charge in [0, 0.05) is 58.4 Å². The third kappa shape index (κ3) is 3.81. The van der Waals surface area contributed by atoms with Crippen LogP contribution in [0.15, 0.2) is 162 Å². The van der Waals surface area contributed by atoms with Crippen molar-refractivity contribution in [3.8, 4) is 22.9 Å². The minimum Gasteiger partial charge on any atom is -0.452 e. The first-order valence-corrected chi connectivity index (χ1v) is 18.2. The van der Waals surface area contributed by atoms with E-state index in [0.717, 1.165) is 60.9 Å². The second kappa shape index (κ2) is 10.4. The van der Waals surface area contributed by atoms with Crippen LogP contribution in [0.1, 0.15) is 0 Å². The molecule has 0 atom stereocenters. The summed E-state index contributed by atoms with van der Waals surface area (Å²) >= 11 is 1.84. The summed E-state index contributed by atoms with van der Waals surface area (Å²) in [4.78, 5) is 10.8. The van der Waals surface area contributed by atoms with Gasteiger partial charge in [0.1, 0.15) is 16.8 Å². The average Bonchev–Trinajstić information content (AvgIpc) is 3.94. The van der Waals surface area contributed by atoms with Crippen molar-refractivity contribution in [1.82, 2.24) is 19.1 Å². The molecule has 0 aliphatic carbocycles. The Kier molecular flexibility index (Phi) is 5.59. The second-order valence-electron chi connectivity index (χ2n) is 13.4. The van der Waals surface area contributed by atoms with E-state index in [1.165, 1.54) is 36.3 Å². The lowest BCUT2D eigenvalue weighted by Gasteiger charge is -2.10. The molecule has 0 aliphatic heterocycles. The van der Waals surface area contributed by atoms with Crippen molar-refractivity contribution in [2.45, 2.75) is 0 Å². The smallest absolute Gasteiger partial charge is 0.236 e. The van der Waals surface area contributed by atoms with Gasteiger partial charge in [-0.2, -0.15) is 0 Å². The standard InChI is InChI=1S/C46H26N4OS/c1-2-12-28(13-3-1)49-36-18-8-4-14-29(36)33-24-27(22-23-38(33)49)43-45-44(32-17-6-10-20-40(32)51-45)48-46(47-43)50-37-19-9-5-15-30(37)34-26-42-35(25-39(34)50)31-16-7-11-21-41(31)52-42/h1-26H. The van der Waals surface area contributed by atoms with Crippen LogP contribution in [0.25, 0.3) is 109 Å². The van der Waals surface area contributed by atoms with Crippen molar-refractivity contribution in [1.29, 1.82) is 0 Å². The van der Waals surface area contributed by atoms with Crippen molar-refractivity contribution in [2.24, 2.45) is 0 Å². The topological polar surface area (TPSA) is 48.8 Å². The van der Waals surface area contributed by atoms with Crippen LogP contribution in [0, 0.1) is 0 Å². The number of thiophene rings is 1. The van der Waals surface area contributed by atoms with Gasteiger partial charge in [0.2, 0.25) is 5.95 Å². The van der Waals surface area contributed by atoms with Crippen molar-refractivity contribution in [2.75, 3.05) is 0 Å². The van der Waals surface area contributed by atoms with Gasteiger partial charge in [0.05, 0.1) is 22.1 Å². The van der Waals surface area contributed by atoms with Crippen LogP contribution in [-0.2, 0) is 0 Å². The highest BCUT2D eigenvalue weighted by atomic mass is 32.1. The minimum absolute atomic E-state index is 0.617. The van der Waals surface area contributed by atoms with E-state index in [1.54, 1.807) is 0 Å². The van der Waals surface area contributed by atoms with Gasteiger partial charge >= 0.3 is 0 Å². The van der Waals surface area contributed by atoms with E-state index in [2.05, 4.69) is 149 Å². The molecule has 0 unspecified atom stereocenters. The van der Waals surface area contributed by atoms with E-state index in [9.17, 15) is 0 Å². The Morgan fingerprint density at radius 3 is 1.92 bits per heavy atom. The second-order valence-corrected chi connectivity index (χ2v) is 14.5. The van der Waals surface area contributed by atoms with Crippen molar-refractivity contribution < 1.29 is 4.42 Å². The Balaban J connectivity index is 1.18. The molecule has 0 saturated carbocycles. The highest BCUT2D eigenvalue weighted by Gasteiger charge is 2.23. The molecule has 0 aliphatic rings. The highest BCUT2D eigenvalue weighted by Crippen LogP contribution is 2.42. The lowest BCUT2D eigenvalue weighted by Crippen LogP contribution is -2.03. The largest absolute Gasteiger partial charge is 0.452 e. The number of benzene rings is 7. The van der Waals surface area contributed by atoms with Gasteiger partial charge in [-0.3, -0.25) is 4.57 Å². The molecular formula is C46H26N4OS. The summed E-state index contributed by atoms with van der Waals surface area (Å²) in [5, 5.41) is 8.18. The molecule has 5 aromatic heterocycles. The summed E-state index contributed by atoms with van der Waals surface area (Å²) in [5.74, 6) is 0.617. The zero-order valence-corrected chi connectivity index (χ0v) is 28.4. The Morgan fingerprint density at radius 2 is 1.10 bits per heavy atom. The predicted octanol–water partition coefficient (Wildman–Crippen LogP) is 12.6. The fraction of sp³-hybridized carbons (Fsp3) is 0. The quantitative estimate of drug-likeness (QED) is 0.186. The number of furan rings is 1. The molecule has 6 heteroatoms. The van der Waals surface area contributed by atoms with Crippen LogP contribution < -0.4 is 0 Å². The number of hydrogen-bond acceptors (Lipinski definition) is 4. The maximum Gasteiger partial charge on any atom is 0.236 e. The number of hydrogen-bond donors (Lipinski definition) is 0. The van der Waals surface area contributed by atoms with E-state index in [0.29, 0.717) is 11.5 Å². The molecule has 5 heterocycles. The van der Waals surface area contributed by atoms with Crippen molar-refractivity contribution in [3.63, 3.8) is 0 Å². The molecular weight excluding hydrogens is 657 g/mol. The van der Waals surface area contributed by atoms with E-state index in [1.807, 2.05) is 29.5 Å². The van der Waals surface area contributed by atoms with Gasteiger partial charge < -0.3 is 8.98 Å². The average molecular weight is 683 g/mol. The fourth-order valence-corrected chi connectivity index (χ4v) is 9.38. The van der Waals surface area contributed by atoms with Crippen LogP contribution in [0.4, 0.5) is 0 Å². The number of nitrogens with zero attached hydrogens (tertiary/aromatic N) is 4. The summed E-state index contributed by atoms with van der Waals surface area (Å²) in [5.41, 5.74) is 9.60. The number of para-hydroxylation sites is 4. The van der Waals surface area contributed by atoms with Crippen LogP contribution in [0.3, 0.4) is 0 Å². The third-order valence-corrected chi connectivity index (χ3v) is 11.7. The summed E-state index contributed by atoms with van der Waals surface area (Å²) in [7, 11) is 0. The molecule has 5 nitrogen and oxygen atoms in total. The summed E-state index contributed by atoms with van der Waals surface area (Å²) in [6.07, 6.45) is 0. The van der Waals surface area contributed by atoms with E-state index >= 15 is 0 Å². The first kappa shape index (κ1) is 28.0. The molecule has 0 N–H and O–H groups in total. The number of aromatic nitrogens is 4. The lowest BCUT2D eigenvalue weighted by atomic mass is 10.1. The van der Waals surface area contributed by atoms with Crippen LogP contribution in [-0.4, -0.2) is 19.1 Å². The van der Waals surface area contributed by atoms with E-state index in [-0.39, 0.29) is 0 Å². The van der Waals surface area contributed by atoms with Gasteiger partial charge in [-0.15, -0.1) is 11.3 Å². The van der Waals surface area contributed by atoms with Crippen LogP contribution in [0.5, 0.6) is 0 Å². The zero-order chi connectivity index (χ0) is 33.9. The Labute approximate surface area is 300 Å². The summed E-state index contributed by atoms with van der Waals surface area (Å²) < 4.78 is 13.8. The third-order valence-electron chi connectivity index (χ3n) is 10.5. The van der Waals surface area contributed by atoms with Crippen LogP contribution in [0.2, 0.25) is 0 Å². The Hall–Kier alpha value is -6.76. The van der Waals surface area contributed by atoms with Gasteiger partial charge in [-0.1, -0.05) is 91.0 Å². The van der Waals surface area contributed by atoms with Gasteiger partial charge in [-0.05, 0) is 66.7 Å². The molecule has 0 fully saturated rings. The number of fused-ring (bicyclic) bond motifs is 12. The van der Waals surface area contributed by atoms with Gasteiger partial charge in [-0.25, -0.2) is 9.97 Å². The molecule has 242 valence electrons. The van der Waals surface area contributed by atoms with E-state index in [4.69, 9.17) is 14.4 Å². The molecule has 0 radical (unpaired) electrons. The molecule has 0 saturated heterocycles. The maximum atomic E-state index is 6.62. The zero-order valence-electron chi connectivity index (χ0n) is 27.6. The molecule has 7 aromatic carbocycles. The molecule has 0 spiro atoms. The Morgan fingerprint density at radius 1 is 0.442 bits per heavy atom. The monoisotopic (exact) mass is 682 g/mol. The molecule has 12 aromatic rings. The summed E-state index contributed by atoms with van der Waals surface area (Å²) in [6.45, 7) is 0.